The standard InChI is InChI=1S/C21H26N2O5S/c1-14-6-7-18(12-15(14)2)16(3)22-20(24)13-23(29(5,26)27)19-10-8-17(9-11-19)21(25)28-4/h6-12,16H,13H2,1-5H3,(H,22,24). The Labute approximate surface area is 171 Å². The number of methoxy groups -OCH3 is 1. The summed E-state index contributed by atoms with van der Waals surface area (Å²) in [6, 6.07) is 11.5. The molecule has 0 aliphatic carbocycles. The van der Waals surface area contributed by atoms with E-state index >= 15 is 0 Å². The second-order valence-corrected chi connectivity index (χ2v) is 8.85. The molecule has 0 saturated heterocycles. The van der Waals surface area contributed by atoms with E-state index in [9.17, 15) is 18.0 Å². The largest absolute Gasteiger partial charge is 0.465 e. The number of esters is 1. The van der Waals surface area contributed by atoms with Gasteiger partial charge in [-0.15, -0.1) is 0 Å². The molecular formula is C21H26N2O5S. The lowest BCUT2D eigenvalue weighted by Gasteiger charge is -2.23. The molecule has 2 aromatic carbocycles. The third-order valence-corrected chi connectivity index (χ3v) is 5.81. The van der Waals surface area contributed by atoms with Crippen LogP contribution in [0.1, 0.15) is 40.0 Å². The van der Waals surface area contributed by atoms with Gasteiger partial charge >= 0.3 is 5.97 Å². The minimum Gasteiger partial charge on any atom is -0.465 e. The monoisotopic (exact) mass is 418 g/mol. The molecule has 0 aliphatic rings. The molecule has 0 spiro atoms. The molecule has 2 rings (SSSR count). The van der Waals surface area contributed by atoms with Crippen LogP contribution in [0.3, 0.4) is 0 Å². The van der Waals surface area contributed by atoms with Crippen molar-refractivity contribution in [2.45, 2.75) is 26.8 Å². The van der Waals surface area contributed by atoms with Crippen LogP contribution in [0.4, 0.5) is 5.69 Å². The van der Waals surface area contributed by atoms with E-state index in [4.69, 9.17) is 0 Å². The number of hydrogen-bond donors (Lipinski definition) is 1. The molecule has 2 aromatic rings. The van der Waals surface area contributed by atoms with E-state index in [0.29, 0.717) is 0 Å². The molecule has 1 amide bonds. The van der Waals surface area contributed by atoms with Crippen LogP contribution in [0, 0.1) is 13.8 Å². The first kappa shape index (κ1) is 22.4. The Hall–Kier alpha value is -2.87. The van der Waals surface area contributed by atoms with Gasteiger partial charge < -0.3 is 10.1 Å². The molecule has 0 aromatic heterocycles. The van der Waals surface area contributed by atoms with Crippen LogP contribution in [0.2, 0.25) is 0 Å². The molecule has 0 radical (unpaired) electrons. The summed E-state index contributed by atoms with van der Waals surface area (Å²) in [6.45, 7) is 5.48. The maximum Gasteiger partial charge on any atom is 0.337 e. The lowest BCUT2D eigenvalue weighted by Crippen LogP contribution is -2.41. The van der Waals surface area contributed by atoms with Gasteiger partial charge in [-0.3, -0.25) is 9.10 Å². The zero-order valence-electron chi connectivity index (χ0n) is 17.2. The molecule has 0 heterocycles. The molecule has 0 bridgehead atoms. The van der Waals surface area contributed by atoms with Crippen molar-refractivity contribution in [3.8, 4) is 0 Å². The van der Waals surface area contributed by atoms with Gasteiger partial charge in [-0.2, -0.15) is 0 Å². The molecule has 1 atom stereocenters. The van der Waals surface area contributed by atoms with E-state index in [1.165, 1.54) is 31.4 Å². The molecular weight excluding hydrogens is 392 g/mol. The first-order chi connectivity index (χ1) is 13.5. The van der Waals surface area contributed by atoms with Gasteiger partial charge in [-0.1, -0.05) is 18.2 Å². The number of nitrogens with one attached hydrogen (secondary N) is 1. The summed E-state index contributed by atoms with van der Waals surface area (Å²) < 4.78 is 30.1. The van der Waals surface area contributed by atoms with Crippen molar-refractivity contribution >= 4 is 27.6 Å². The average molecular weight is 419 g/mol. The molecule has 0 fully saturated rings. The highest BCUT2D eigenvalue weighted by atomic mass is 32.2. The summed E-state index contributed by atoms with van der Waals surface area (Å²) in [6.07, 6.45) is 1.03. The maximum absolute atomic E-state index is 12.5. The van der Waals surface area contributed by atoms with Crippen LogP contribution >= 0.6 is 0 Å². The SMILES string of the molecule is COC(=O)c1ccc(N(CC(=O)NC(C)c2ccc(C)c(C)c2)S(C)(=O)=O)cc1. The van der Waals surface area contributed by atoms with Crippen LogP contribution in [0.5, 0.6) is 0 Å². The molecule has 0 saturated carbocycles. The fourth-order valence-electron chi connectivity index (χ4n) is 2.82. The van der Waals surface area contributed by atoms with Gasteiger partial charge in [0.2, 0.25) is 15.9 Å². The highest BCUT2D eigenvalue weighted by Gasteiger charge is 2.22. The second kappa shape index (κ2) is 9.09. The van der Waals surface area contributed by atoms with E-state index in [0.717, 1.165) is 27.3 Å². The number of aryl methyl sites for hydroxylation is 2. The molecule has 1 unspecified atom stereocenters. The predicted octanol–water partition coefficient (Wildman–Crippen LogP) is 2.73. The van der Waals surface area contributed by atoms with Crippen molar-refractivity contribution in [2.24, 2.45) is 0 Å². The van der Waals surface area contributed by atoms with E-state index in [-0.39, 0.29) is 23.8 Å². The summed E-state index contributed by atoms with van der Waals surface area (Å²) in [5.41, 5.74) is 3.79. The molecule has 7 nitrogen and oxygen atoms in total. The fourth-order valence-corrected chi connectivity index (χ4v) is 3.67. The number of carbonyl (C=O) groups is 2. The molecule has 1 N–H and O–H groups in total. The second-order valence-electron chi connectivity index (χ2n) is 6.94. The van der Waals surface area contributed by atoms with E-state index in [1.807, 2.05) is 39.0 Å². The van der Waals surface area contributed by atoms with E-state index in [2.05, 4.69) is 10.1 Å². The summed E-state index contributed by atoms with van der Waals surface area (Å²) in [7, 11) is -2.44. The molecule has 8 heteroatoms. The predicted molar refractivity (Wildman–Crippen MR) is 112 cm³/mol. The highest BCUT2D eigenvalue weighted by Crippen LogP contribution is 2.20. The molecule has 156 valence electrons. The Morgan fingerprint density at radius 3 is 2.21 bits per heavy atom. The van der Waals surface area contributed by atoms with Crippen molar-refractivity contribution in [1.29, 1.82) is 0 Å². The van der Waals surface area contributed by atoms with Gasteiger partial charge in [0.05, 0.1) is 30.7 Å². The number of nitrogens with zero attached hydrogens (tertiary/aromatic N) is 1. The topological polar surface area (TPSA) is 92.8 Å². The quantitative estimate of drug-likeness (QED) is 0.698. The number of anilines is 1. The first-order valence-electron chi connectivity index (χ1n) is 9.05. The van der Waals surface area contributed by atoms with Crippen molar-refractivity contribution in [2.75, 3.05) is 24.2 Å². The van der Waals surface area contributed by atoms with Crippen LogP contribution in [-0.4, -0.2) is 40.2 Å². The van der Waals surface area contributed by atoms with Crippen molar-refractivity contribution < 1.29 is 22.7 Å². The van der Waals surface area contributed by atoms with E-state index in [1.54, 1.807) is 0 Å². The summed E-state index contributed by atoms with van der Waals surface area (Å²) in [5.74, 6) is -0.958. The summed E-state index contributed by atoms with van der Waals surface area (Å²) in [4.78, 5) is 24.1. The van der Waals surface area contributed by atoms with Gasteiger partial charge in [0.1, 0.15) is 6.54 Å². The Bertz CT molecular complexity index is 1000. The number of amides is 1. The number of benzene rings is 2. The zero-order valence-corrected chi connectivity index (χ0v) is 18.0. The van der Waals surface area contributed by atoms with E-state index < -0.39 is 21.9 Å². The van der Waals surface area contributed by atoms with Gasteiger partial charge in [0.25, 0.3) is 0 Å². The summed E-state index contributed by atoms with van der Waals surface area (Å²) in [5, 5.41) is 2.83. The van der Waals surface area contributed by atoms with Gasteiger partial charge in [0, 0.05) is 0 Å². The number of carbonyl (C=O) groups excluding carboxylic acids is 2. The Morgan fingerprint density at radius 1 is 1.07 bits per heavy atom. The number of rotatable bonds is 7. The van der Waals surface area contributed by atoms with Crippen molar-refractivity contribution in [3.63, 3.8) is 0 Å². The van der Waals surface area contributed by atoms with Crippen molar-refractivity contribution in [3.05, 3.63) is 64.7 Å². The minimum absolute atomic E-state index is 0.273. The lowest BCUT2D eigenvalue weighted by molar-refractivity contribution is -0.120. The Morgan fingerprint density at radius 2 is 1.69 bits per heavy atom. The van der Waals surface area contributed by atoms with Gasteiger partial charge in [-0.05, 0) is 61.7 Å². The fraction of sp³-hybridized carbons (Fsp3) is 0.333. The zero-order chi connectivity index (χ0) is 21.8. The van der Waals surface area contributed by atoms with Gasteiger partial charge in [-0.25, -0.2) is 13.2 Å². The van der Waals surface area contributed by atoms with Crippen LogP contribution in [0.15, 0.2) is 42.5 Å². The smallest absolute Gasteiger partial charge is 0.337 e. The normalized spacial score (nSPS) is 12.2. The average Bonchev–Trinajstić information content (AvgIpc) is 2.66. The Balaban J connectivity index is 2.16. The lowest BCUT2D eigenvalue weighted by atomic mass is 10.0. The highest BCUT2D eigenvalue weighted by molar-refractivity contribution is 7.92. The van der Waals surface area contributed by atoms with Crippen molar-refractivity contribution in [1.82, 2.24) is 5.32 Å². The third kappa shape index (κ3) is 5.80. The molecule has 29 heavy (non-hydrogen) atoms. The van der Waals surface area contributed by atoms with Crippen LogP contribution in [0.25, 0.3) is 0 Å². The van der Waals surface area contributed by atoms with Gasteiger partial charge in [0.15, 0.2) is 0 Å². The molecule has 0 aliphatic heterocycles. The number of ether oxygens (including phenoxy) is 1. The first-order valence-corrected chi connectivity index (χ1v) is 10.9. The van der Waals surface area contributed by atoms with Crippen LogP contribution in [-0.2, 0) is 19.6 Å². The van der Waals surface area contributed by atoms with Crippen LogP contribution < -0.4 is 9.62 Å². The minimum atomic E-state index is -3.71. The maximum atomic E-state index is 12.5. The number of sulfonamides is 1. The summed E-state index contributed by atoms with van der Waals surface area (Å²) >= 11 is 0. The Kier molecular flexibility index (Phi) is 7.02. The number of hydrogen-bond acceptors (Lipinski definition) is 5. The third-order valence-electron chi connectivity index (χ3n) is 4.67.